The van der Waals surface area contributed by atoms with Gasteiger partial charge in [0.1, 0.15) is 6.61 Å². The molecule has 0 aromatic heterocycles. The first kappa shape index (κ1) is 13.8. The molecular formula is C8H19NO5. The predicted octanol–water partition coefficient (Wildman–Crippen LogP) is -0.253. The summed E-state index contributed by atoms with van der Waals surface area (Å²) in [6, 6.07) is 0. The fourth-order valence-electron chi connectivity index (χ4n) is 0.782. The zero-order valence-electron chi connectivity index (χ0n) is 9.16. The van der Waals surface area contributed by atoms with Gasteiger partial charge in [0.2, 0.25) is 0 Å². The maximum absolute atomic E-state index is 5.07. The summed E-state index contributed by atoms with van der Waals surface area (Å²) >= 11 is 0. The van der Waals surface area contributed by atoms with Gasteiger partial charge in [-0.15, -0.1) is 0 Å². The normalized spacial score (nSPS) is 12.0. The lowest BCUT2D eigenvalue weighted by Crippen LogP contribution is -2.43. The number of rotatable bonds is 9. The lowest BCUT2D eigenvalue weighted by molar-refractivity contribution is -0.372. The Morgan fingerprint density at radius 1 is 1.00 bits per heavy atom. The largest absolute Gasteiger partial charge is 0.383 e. The Bertz CT molecular complexity index is 121. The summed E-state index contributed by atoms with van der Waals surface area (Å²) in [5.41, 5.74) is 2.68. The summed E-state index contributed by atoms with van der Waals surface area (Å²) in [5, 5.41) is 0. The third-order valence-electron chi connectivity index (χ3n) is 1.69. The second-order valence-electron chi connectivity index (χ2n) is 2.47. The third kappa shape index (κ3) is 4.85. The van der Waals surface area contributed by atoms with E-state index in [2.05, 4.69) is 5.48 Å². The van der Waals surface area contributed by atoms with Crippen LogP contribution in [0.2, 0.25) is 0 Å². The molecule has 0 aliphatic rings. The van der Waals surface area contributed by atoms with Gasteiger partial charge in [0.25, 0.3) is 0 Å². The fraction of sp³-hybridized carbons (Fsp3) is 1.00. The molecule has 0 spiro atoms. The van der Waals surface area contributed by atoms with Crippen LogP contribution in [0.15, 0.2) is 0 Å². The van der Waals surface area contributed by atoms with E-state index in [0.29, 0.717) is 13.2 Å². The molecule has 0 saturated carbocycles. The molecule has 0 aromatic rings. The van der Waals surface area contributed by atoms with Gasteiger partial charge in [-0.2, -0.15) is 5.48 Å². The summed E-state index contributed by atoms with van der Waals surface area (Å²) in [6.07, 6.45) is 0. The van der Waals surface area contributed by atoms with Crippen LogP contribution in [0.3, 0.4) is 0 Å². The summed E-state index contributed by atoms with van der Waals surface area (Å²) in [5.74, 6) is -1.15. The van der Waals surface area contributed by atoms with E-state index >= 15 is 0 Å². The number of hydrogen-bond acceptors (Lipinski definition) is 6. The van der Waals surface area contributed by atoms with Crippen molar-refractivity contribution in [2.75, 3.05) is 48.2 Å². The number of nitrogens with one attached hydrogen (secondary N) is 1. The molecule has 0 atom stereocenters. The van der Waals surface area contributed by atoms with Crippen LogP contribution in [-0.4, -0.2) is 54.2 Å². The van der Waals surface area contributed by atoms with Crippen LogP contribution in [-0.2, 0) is 23.8 Å². The van der Waals surface area contributed by atoms with Crippen LogP contribution in [0, 0.1) is 0 Å². The van der Waals surface area contributed by atoms with E-state index in [9.17, 15) is 0 Å². The standard InChI is InChI=1S/C8H19NO5/c1-10-6-5-9-14-7-8(11-2,12-3)13-4/h9H,5-7H2,1-4H3. The molecule has 0 unspecified atom stereocenters. The van der Waals surface area contributed by atoms with Crippen molar-refractivity contribution in [3.8, 4) is 0 Å². The van der Waals surface area contributed by atoms with Crippen molar-refractivity contribution < 1.29 is 23.8 Å². The molecule has 86 valence electrons. The van der Waals surface area contributed by atoms with Crippen LogP contribution < -0.4 is 5.48 Å². The van der Waals surface area contributed by atoms with Crippen LogP contribution in [0.5, 0.6) is 0 Å². The van der Waals surface area contributed by atoms with Gasteiger partial charge in [0.15, 0.2) is 0 Å². The Morgan fingerprint density at radius 2 is 1.57 bits per heavy atom. The average molecular weight is 209 g/mol. The predicted molar refractivity (Wildman–Crippen MR) is 49.6 cm³/mol. The Kier molecular flexibility index (Phi) is 7.96. The monoisotopic (exact) mass is 209 g/mol. The zero-order valence-corrected chi connectivity index (χ0v) is 9.16. The van der Waals surface area contributed by atoms with Crippen molar-refractivity contribution in [2.24, 2.45) is 0 Å². The quantitative estimate of drug-likeness (QED) is 0.321. The fourth-order valence-corrected chi connectivity index (χ4v) is 0.782. The summed E-state index contributed by atoms with van der Waals surface area (Å²) in [6.45, 7) is 1.28. The zero-order chi connectivity index (χ0) is 10.9. The van der Waals surface area contributed by atoms with Crippen molar-refractivity contribution in [2.45, 2.75) is 5.97 Å². The minimum absolute atomic E-state index is 0.125. The molecule has 6 nitrogen and oxygen atoms in total. The molecule has 6 heteroatoms. The van der Waals surface area contributed by atoms with Gasteiger partial charge >= 0.3 is 5.97 Å². The van der Waals surface area contributed by atoms with E-state index < -0.39 is 5.97 Å². The highest BCUT2D eigenvalue weighted by molar-refractivity contribution is 4.51. The van der Waals surface area contributed by atoms with E-state index in [1.807, 2.05) is 0 Å². The highest BCUT2D eigenvalue weighted by Gasteiger charge is 2.30. The molecule has 0 rings (SSSR count). The number of hydrogen-bond donors (Lipinski definition) is 1. The van der Waals surface area contributed by atoms with Crippen LogP contribution in [0.4, 0.5) is 0 Å². The molecule has 0 radical (unpaired) electrons. The molecule has 1 N–H and O–H groups in total. The van der Waals surface area contributed by atoms with Crippen molar-refractivity contribution in [1.29, 1.82) is 0 Å². The van der Waals surface area contributed by atoms with E-state index in [-0.39, 0.29) is 6.61 Å². The Morgan fingerprint density at radius 3 is 2.00 bits per heavy atom. The highest BCUT2D eigenvalue weighted by Crippen LogP contribution is 2.11. The van der Waals surface area contributed by atoms with E-state index in [1.54, 1.807) is 7.11 Å². The third-order valence-corrected chi connectivity index (χ3v) is 1.69. The summed E-state index contributed by atoms with van der Waals surface area (Å²) < 4.78 is 19.8. The van der Waals surface area contributed by atoms with Crippen molar-refractivity contribution in [3.05, 3.63) is 0 Å². The van der Waals surface area contributed by atoms with Crippen LogP contribution in [0.1, 0.15) is 0 Å². The summed E-state index contributed by atoms with van der Waals surface area (Å²) in [7, 11) is 6.05. The van der Waals surface area contributed by atoms with Gasteiger partial charge in [-0.05, 0) is 0 Å². The number of hydroxylamine groups is 1. The lowest BCUT2D eigenvalue weighted by atomic mass is 10.6. The molecule has 0 bridgehead atoms. The van der Waals surface area contributed by atoms with E-state index in [0.717, 1.165) is 0 Å². The molecule has 0 aliphatic heterocycles. The Balaban J connectivity index is 3.61. The second kappa shape index (κ2) is 8.10. The van der Waals surface area contributed by atoms with E-state index in [1.165, 1.54) is 21.3 Å². The first-order chi connectivity index (χ1) is 6.74. The maximum atomic E-state index is 5.07. The minimum Gasteiger partial charge on any atom is -0.383 e. The maximum Gasteiger partial charge on any atom is 0.309 e. The minimum atomic E-state index is -1.15. The van der Waals surface area contributed by atoms with Gasteiger partial charge in [-0.1, -0.05) is 0 Å². The van der Waals surface area contributed by atoms with Gasteiger partial charge in [-0.25, -0.2) is 0 Å². The highest BCUT2D eigenvalue weighted by atomic mass is 16.9. The Labute approximate surface area is 84.4 Å². The van der Waals surface area contributed by atoms with Crippen LogP contribution >= 0.6 is 0 Å². The lowest BCUT2D eigenvalue weighted by Gasteiger charge is -2.27. The van der Waals surface area contributed by atoms with Gasteiger partial charge in [0.05, 0.1) is 6.61 Å². The van der Waals surface area contributed by atoms with Gasteiger partial charge in [0, 0.05) is 35.0 Å². The SMILES string of the molecule is COCCNOCC(OC)(OC)OC. The van der Waals surface area contributed by atoms with Gasteiger partial charge < -0.3 is 18.9 Å². The molecule has 0 aliphatic carbocycles. The average Bonchev–Trinajstić information content (AvgIpc) is 2.24. The topological polar surface area (TPSA) is 58.2 Å². The first-order valence-corrected chi connectivity index (χ1v) is 4.23. The van der Waals surface area contributed by atoms with Crippen molar-refractivity contribution in [3.63, 3.8) is 0 Å². The molecule has 0 saturated heterocycles. The summed E-state index contributed by atoms with van der Waals surface area (Å²) in [4.78, 5) is 5.07. The molecule has 0 aromatic carbocycles. The van der Waals surface area contributed by atoms with Crippen LogP contribution in [0.25, 0.3) is 0 Å². The first-order valence-electron chi connectivity index (χ1n) is 4.23. The molecular weight excluding hydrogens is 190 g/mol. The van der Waals surface area contributed by atoms with Crippen molar-refractivity contribution >= 4 is 0 Å². The second-order valence-corrected chi connectivity index (χ2v) is 2.47. The molecule has 0 amide bonds. The number of methoxy groups -OCH3 is 4. The van der Waals surface area contributed by atoms with E-state index in [4.69, 9.17) is 23.8 Å². The Hall–Kier alpha value is -0.240. The van der Waals surface area contributed by atoms with Crippen molar-refractivity contribution in [1.82, 2.24) is 5.48 Å². The molecule has 14 heavy (non-hydrogen) atoms. The molecule has 0 heterocycles. The molecule has 0 fully saturated rings. The van der Waals surface area contributed by atoms with Gasteiger partial charge in [-0.3, -0.25) is 4.84 Å². The number of ether oxygens (including phenoxy) is 4. The smallest absolute Gasteiger partial charge is 0.309 e.